The van der Waals surface area contributed by atoms with E-state index < -0.39 is 0 Å². The zero-order valence-electron chi connectivity index (χ0n) is 12.4. The summed E-state index contributed by atoms with van der Waals surface area (Å²) in [5.74, 6) is 1.03. The van der Waals surface area contributed by atoms with E-state index in [4.69, 9.17) is 4.74 Å². The monoisotopic (exact) mass is 249 g/mol. The lowest BCUT2D eigenvalue weighted by atomic mass is 10.1. The lowest BCUT2D eigenvalue weighted by Crippen LogP contribution is -2.42. The maximum absolute atomic E-state index is 6.12. The molecule has 0 amide bonds. The normalized spacial score (nSPS) is 13.4. The number of nitrogens with one attached hydrogen (secondary N) is 1. The zero-order chi connectivity index (χ0) is 13.6. The lowest BCUT2D eigenvalue weighted by molar-refractivity contribution is 0.180. The minimum Gasteiger partial charge on any atom is -0.489 e. The van der Waals surface area contributed by atoms with E-state index in [0.717, 1.165) is 25.1 Å². The number of hydrogen-bond acceptors (Lipinski definition) is 2. The average molecular weight is 249 g/mol. The molecule has 0 heterocycles. The van der Waals surface area contributed by atoms with Gasteiger partial charge in [-0.15, -0.1) is 0 Å². The first-order valence-corrected chi connectivity index (χ1v) is 6.95. The molecule has 0 saturated heterocycles. The Kier molecular flexibility index (Phi) is 5.67. The Bertz CT molecular complexity index is 354. The van der Waals surface area contributed by atoms with E-state index in [0.29, 0.717) is 0 Å². The second-order valence-electron chi connectivity index (χ2n) is 5.74. The van der Waals surface area contributed by atoms with E-state index in [9.17, 15) is 0 Å². The molecule has 1 unspecified atom stereocenters. The van der Waals surface area contributed by atoms with Gasteiger partial charge in [0.15, 0.2) is 0 Å². The Hall–Kier alpha value is -1.02. The number of ether oxygens (including phenoxy) is 1. The van der Waals surface area contributed by atoms with Crippen molar-refractivity contribution in [3.63, 3.8) is 0 Å². The van der Waals surface area contributed by atoms with Crippen molar-refractivity contribution in [2.45, 2.75) is 59.1 Å². The van der Waals surface area contributed by atoms with Gasteiger partial charge in [-0.2, -0.15) is 0 Å². The fraction of sp³-hybridized carbons (Fsp3) is 0.625. The maximum atomic E-state index is 6.12. The van der Waals surface area contributed by atoms with Gasteiger partial charge in [-0.05, 0) is 45.2 Å². The van der Waals surface area contributed by atoms with Crippen LogP contribution in [-0.2, 0) is 6.42 Å². The van der Waals surface area contributed by atoms with Gasteiger partial charge >= 0.3 is 0 Å². The molecule has 0 bridgehead atoms. The largest absolute Gasteiger partial charge is 0.489 e. The molecule has 0 saturated carbocycles. The number of hydrogen-bond donors (Lipinski definition) is 1. The van der Waals surface area contributed by atoms with Crippen molar-refractivity contribution in [2.75, 3.05) is 6.54 Å². The van der Waals surface area contributed by atoms with Gasteiger partial charge < -0.3 is 10.1 Å². The summed E-state index contributed by atoms with van der Waals surface area (Å²) in [5, 5.41) is 3.51. The Morgan fingerprint density at radius 2 is 1.83 bits per heavy atom. The van der Waals surface area contributed by atoms with Gasteiger partial charge in [0.25, 0.3) is 0 Å². The van der Waals surface area contributed by atoms with Gasteiger partial charge in [0, 0.05) is 12.1 Å². The summed E-state index contributed by atoms with van der Waals surface area (Å²) >= 11 is 0. The van der Waals surface area contributed by atoms with Crippen LogP contribution in [0.5, 0.6) is 5.75 Å². The smallest absolute Gasteiger partial charge is 0.122 e. The quantitative estimate of drug-likeness (QED) is 0.828. The van der Waals surface area contributed by atoms with Crippen molar-refractivity contribution in [1.82, 2.24) is 5.32 Å². The highest BCUT2D eigenvalue weighted by Crippen LogP contribution is 2.20. The summed E-state index contributed by atoms with van der Waals surface area (Å²) in [4.78, 5) is 0. The molecule has 0 fully saturated rings. The maximum Gasteiger partial charge on any atom is 0.122 e. The Morgan fingerprint density at radius 1 is 1.17 bits per heavy atom. The highest BCUT2D eigenvalue weighted by Gasteiger charge is 2.14. The van der Waals surface area contributed by atoms with Crippen molar-refractivity contribution in [3.8, 4) is 5.75 Å². The van der Waals surface area contributed by atoms with Crippen LogP contribution in [0.15, 0.2) is 24.3 Å². The van der Waals surface area contributed by atoms with Crippen LogP contribution < -0.4 is 10.1 Å². The zero-order valence-corrected chi connectivity index (χ0v) is 12.4. The first-order chi connectivity index (χ1) is 8.46. The van der Waals surface area contributed by atoms with E-state index in [1.54, 1.807) is 0 Å². The third kappa shape index (κ3) is 5.09. The first kappa shape index (κ1) is 15.0. The van der Waals surface area contributed by atoms with Crippen molar-refractivity contribution in [1.29, 1.82) is 0 Å². The second kappa shape index (κ2) is 6.79. The molecule has 0 aliphatic carbocycles. The van der Waals surface area contributed by atoms with Crippen molar-refractivity contribution in [3.05, 3.63) is 29.8 Å². The van der Waals surface area contributed by atoms with E-state index >= 15 is 0 Å². The molecule has 2 heteroatoms. The van der Waals surface area contributed by atoms with E-state index in [2.05, 4.69) is 58.1 Å². The fourth-order valence-electron chi connectivity index (χ4n) is 1.78. The van der Waals surface area contributed by atoms with Gasteiger partial charge in [0.2, 0.25) is 0 Å². The molecular formula is C16H27NO. The Balaban J connectivity index is 2.62. The van der Waals surface area contributed by atoms with Crippen LogP contribution in [0.1, 0.15) is 46.6 Å². The topological polar surface area (TPSA) is 21.3 Å². The summed E-state index contributed by atoms with van der Waals surface area (Å²) in [5.41, 5.74) is 1.42. The number of aryl methyl sites for hydroxylation is 1. The minimum absolute atomic E-state index is 0.140. The highest BCUT2D eigenvalue weighted by molar-refractivity contribution is 5.33. The van der Waals surface area contributed by atoms with E-state index in [-0.39, 0.29) is 11.6 Å². The predicted molar refractivity (Wildman–Crippen MR) is 78.3 cm³/mol. The summed E-state index contributed by atoms with van der Waals surface area (Å²) in [6.07, 6.45) is 2.26. The number of para-hydroxylation sites is 1. The standard InChI is InChI=1S/C16H27NO/c1-6-13-10-8-9-11-15(13)18-14(7-2)12-17-16(3,4)5/h8-11,14,17H,6-7,12H2,1-5H3. The molecule has 0 spiro atoms. The van der Waals surface area contributed by atoms with Crippen LogP contribution in [0.2, 0.25) is 0 Å². The van der Waals surface area contributed by atoms with Crippen LogP contribution in [0.25, 0.3) is 0 Å². The molecule has 1 aromatic rings. The number of benzene rings is 1. The molecule has 0 radical (unpaired) electrons. The third-order valence-corrected chi connectivity index (χ3v) is 2.96. The second-order valence-corrected chi connectivity index (χ2v) is 5.74. The lowest BCUT2D eigenvalue weighted by Gasteiger charge is -2.26. The third-order valence-electron chi connectivity index (χ3n) is 2.96. The summed E-state index contributed by atoms with van der Waals surface area (Å²) in [6.45, 7) is 11.8. The van der Waals surface area contributed by atoms with E-state index in [1.165, 1.54) is 5.56 Å². The SMILES string of the molecule is CCc1ccccc1OC(CC)CNC(C)(C)C. The van der Waals surface area contributed by atoms with Gasteiger partial charge in [0.05, 0.1) is 0 Å². The van der Waals surface area contributed by atoms with Crippen molar-refractivity contribution >= 4 is 0 Å². The molecule has 1 aromatic carbocycles. The van der Waals surface area contributed by atoms with E-state index in [1.807, 2.05) is 6.07 Å². The molecule has 1 atom stereocenters. The van der Waals surface area contributed by atoms with Crippen LogP contribution >= 0.6 is 0 Å². The molecule has 102 valence electrons. The molecule has 0 aliphatic rings. The van der Waals surface area contributed by atoms with Crippen LogP contribution in [0.4, 0.5) is 0 Å². The van der Waals surface area contributed by atoms with Gasteiger partial charge in [-0.1, -0.05) is 32.0 Å². The van der Waals surface area contributed by atoms with Crippen molar-refractivity contribution in [2.24, 2.45) is 0 Å². The Morgan fingerprint density at radius 3 is 2.39 bits per heavy atom. The molecule has 1 rings (SSSR count). The fourth-order valence-corrected chi connectivity index (χ4v) is 1.78. The average Bonchev–Trinajstić information content (AvgIpc) is 2.33. The Labute approximate surface area is 112 Å². The molecule has 0 aromatic heterocycles. The first-order valence-electron chi connectivity index (χ1n) is 6.95. The minimum atomic E-state index is 0.140. The molecule has 1 N–H and O–H groups in total. The van der Waals surface area contributed by atoms with Gasteiger partial charge in [-0.3, -0.25) is 0 Å². The predicted octanol–water partition coefficient (Wildman–Crippen LogP) is 3.79. The molecule has 18 heavy (non-hydrogen) atoms. The molecular weight excluding hydrogens is 222 g/mol. The van der Waals surface area contributed by atoms with Gasteiger partial charge in [-0.25, -0.2) is 0 Å². The molecule has 2 nitrogen and oxygen atoms in total. The summed E-state index contributed by atoms with van der Waals surface area (Å²) < 4.78 is 6.12. The highest BCUT2D eigenvalue weighted by atomic mass is 16.5. The summed E-state index contributed by atoms with van der Waals surface area (Å²) in [7, 11) is 0. The van der Waals surface area contributed by atoms with Crippen LogP contribution in [0, 0.1) is 0 Å². The summed E-state index contributed by atoms with van der Waals surface area (Å²) in [6, 6.07) is 8.32. The van der Waals surface area contributed by atoms with Crippen molar-refractivity contribution < 1.29 is 4.74 Å². The van der Waals surface area contributed by atoms with Crippen LogP contribution in [-0.4, -0.2) is 18.2 Å². The number of rotatable bonds is 6. The van der Waals surface area contributed by atoms with Crippen LogP contribution in [0.3, 0.4) is 0 Å². The molecule has 0 aliphatic heterocycles. The van der Waals surface area contributed by atoms with Gasteiger partial charge in [0.1, 0.15) is 11.9 Å².